The van der Waals surface area contributed by atoms with Crippen molar-refractivity contribution in [2.75, 3.05) is 26.4 Å². The number of unbranched alkanes of at least 4 members (excludes halogenated alkanes) is 3. The maximum atomic E-state index is 12.6. The Morgan fingerprint density at radius 2 is 1.02 bits per heavy atom. The quantitative estimate of drug-likeness (QED) is 0.0112. The minimum atomic E-state index is -4.89. The van der Waals surface area contributed by atoms with Gasteiger partial charge in [0, 0.05) is 19.3 Å². The van der Waals surface area contributed by atoms with Gasteiger partial charge in [0.1, 0.15) is 12.7 Å². The number of ketones is 1. The number of hydrogen-bond donors (Lipinski definition) is 4. The fourth-order valence-corrected chi connectivity index (χ4v) is 6.12. The molecule has 0 aromatic rings. The summed E-state index contributed by atoms with van der Waals surface area (Å²) in [6.07, 6.45) is 49.1. The van der Waals surface area contributed by atoms with Crippen molar-refractivity contribution in [2.45, 2.75) is 135 Å². The minimum Gasteiger partial charge on any atom is -0.462 e. The molecule has 0 aliphatic heterocycles. The van der Waals surface area contributed by atoms with Crippen LogP contribution in [-0.2, 0) is 46.6 Å². The van der Waals surface area contributed by atoms with Crippen molar-refractivity contribution in [3.05, 3.63) is 122 Å². The lowest BCUT2D eigenvalue weighted by Gasteiger charge is -2.20. The molecule has 16 heteroatoms. The summed E-state index contributed by atoms with van der Waals surface area (Å²) >= 11 is 0. The van der Waals surface area contributed by atoms with Crippen molar-refractivity contribution in [1.29, 1.82) is 0 Å². The molecule has 0 spiro atoms. The molecule has 360 valence electrons. The zero-order chi connectivity index (χ0) is 47.4. The van der Waals surface area contributed by atoms with Crippen LogP contribution in [0.5, 0.6) is 0 Å². The average molecular weight is 937 g/mol. The summed E-state index contributed by atoms with van der Waals surface area (Å²) in [6.45, 7) is 1.29. The first-order valence-corrected chi connectivity index (χ1v) is 25.2. The first-order chi connectivity index (χ1) is 30.8. The summed E-state index contributed by atoms with van der Waals surface area (Å²) in [6, 6.07) is 0. The van der Waals surface area contributed by atoms with E-state index in [1.54, 1.807) is 12.2 Å². The molecule has 0 saturated carbocycles. The lowest BCUT2D eigenvalue weighted by Crippen LogP contribution is -2.29. The second-order valence-corrected chi connectivity index (χ2v) is 17.0. The van der Waals surface area contributed by atoms with E-state index in [4.69, 9.17) is 23.8 Å². The highest BCUT2D eigenvalue weighted by Gasteiger charge is 2.28. The molecule has 0 aromatic carbocycles. The van der Waals surface area contributed by atoms with Crippen LogP contribution < -0.4 is 0 Å². The molecule has 0 fully saturated rings. The van der Waals surface area contributed by atoms with Gasteiger partial charge < -0.3 is 29.3 Å². The Labute approximate surface area is 381 Å². The number of aliphatic hydroxyl groups excluding tert-OH is 1. The van der Waals surface area contributed by atoms with Gasteiger partial charge in [-0.1, -0.05) is 142 Å². The number of allylic oxidation sites excluding steroid dienone is 20. The Hall–Kier alpha value is -3.81. The first kappa shape index (κ1) is 60.2. The van der Waals surface area contributed by atoms with Crippen molar-refractivity contribution in [3.8, 4) is 0 Å². The SMILES string of the molecule is CC/C=C\C/C=C\C/C=C\C/C=C\C/C=C\C/C=C\CCC(=O)OC[C@H](COP(=O)(O)OC[C@@H](O)COP(=O)(O)O)OC(=O)CCC/C=C\C/C=C\C/C=C\C=C\C(=O)CCCCC. The highest BCUT2D eigenvalue weighted by Crippen LogP contribution is 2.43. The molecule has 0 amide bonds. The fourth-order valence-electron chi connectivity index (χ4n) is 4.97. The van der Waals surface area contributed by atoms with Gasteiger partial charge >= 0.3 is 27.6 Å². The van der Waals surface area contributed by atoms with Gasteiger partial charge in [0.2, 0.25) is 0 Å². The Morgan fingerprint density at radius 1 is 0.516 bits per heavy atom. The predicted octanol–water partition coefficient (Wildman–Crippen LogP) is 10.8. The zero-order valence-electron chi connectivity index (χ0n) is 37.8. The normalized spacial score (nSPS) is 15.0. The van der Waals surface area contributed by atoms with Crippen LogP contribution in [0.2, 0.25) is 0 Å². The molecule has 0 radical (unpaired) electrons. The van der Waals surface area contributed by atoms with Gasteiger partial charge in [-0.2, -0.15) is 0 Å². The molecule has 4 N–H and O–H groups in total. The smallest absolute Gasteiger partial charge is 0.462 e. The van der Waals surface area contributed by atoms with E-state index in [-0.39, 0.29) is 18.6 Å². The lowest BCUT2D eigenvalue weighted by molar-refractivity contribution is -0.161. The molecule has 0 aliphatic carbocycles. The molecule has 14 nitrogen and oxygen atoms in total. The van der Waals surface area contributed by atoms with Gasteiger partial charge in [-0.15, -0.1) is 0 Å². The Balaban J connectivity index is 4.78. The number of esters is 2. The van der Waals surface area contributed by atoms with Crippen LogP contribution in [0.15, 0.2) is 122 Å². The number of carbonyl (C=O) groups is 3. The Kier molecular flexibility index (Phi) is 39.4. The van der Waals surface area contributed by atoms with Gasteiger partial charge in [-0.05, 0) is 83.1 Å². The minimum absolute atomic E-state index is 0.00573. The van der Waals surface area contributed by atoms with Gasteiger partial charge in [0.25, 0.3) is 0 Å². The van der Waals surface area contributed by atoms with Gasteiger partial charge in [-0.25, -0.2) is 9.13 Å². The van der Waals surface area contributed by atoms with Gasteiger partial charge in [0.15, 0.2) is 11.9 Å². The van der Waals surface area contributed by atoms with Crippen LogP contribution in [-0.4, -0.2) is 76.1 Å². The number of hydrogen-bond acceptors (Lipinski definition) is 11. The Bertz CT molecular complexity index is 1650. The van der Waals surface area contributed by atoms with E-state index in [1.807, 2.05) is 54.7 Å². The number of rotatable bonds is 40. The molecule has 0 aromatic heterocycles. The summed E-state index contributed by atoms with van der Waals surface area (Å²) in [5.41, 5.74) is 0. The molecular formula is C48H74O14P2. The monoisotopic (exact) mass is 936 g/mol. The third kappa shape index (κ3) is 44.8. The Morgan fingerprint density at radius 3 is 1.56 bits per heavy atom. The number of ether oxygens (including phenoxy) is 2. The van der Waals surface area contributed by atoms with Crippen LogP contribution >= 0.6 is 15.6 Å². The van der Waals surface area contributed by atoms with Crippen molar-refractivity contribution >= 4 is 33.4 Å². The maximum absolute atomic E-state index is 12.6. The van der Waals surface area contributed by atoms with Crippen molar-refractivity contribution in [2.24, 2.45) is 0 Å². The largest absolute Gasteiger partial charge is 0.472 e. The molecule has 0 rings (SSSR count). The maximum Gasteiger partial charge on any atom is 0.472 e. The van der Waals surface area contributed by atoms with E-state index >= 15 is 0 Å². The van der Waals surface area contributed by atoms with E-state index in [9.17, 15) is 33.5 Å². The highest BCUT2D eigenvalue weighted by molar-refractivity contribution is 7.47. The third-order valence-electron chi connectivity index (χ3n) is 8.31. The van der Waals surface area contributed by atoms with Crippen LogP contribution in [0.25, 0.3) is 0 Å². The molecule has 0 saturated heterocycles. The van der Waals surface area contributed by atoms with Crippen molar-refractivity contribution < 1.29 is 66.3 Å². The number of aliphatic hydroxyl groups is 1. The van der Waals surface area contributed by atoms with Gasteiger partial charge in [0.05, 0.1) is 19.8 Å². The van der Waals surface area contributed by atoms with E-state index < -0.39 is 66.2 Å². The first-order valence-electron chi connectivity index (χ1n) is 22.2. The van der Waals surface area contributed by atoms with E-state index in [2.05, 4.69) is 77.6 Å². The van der Waals surface area contributed by atoms with Crippen molar-refractivity contribution in [3.63, 3.8) is 0 Å². The predicted molar refractivity (Wildman–Crippen MR) is 253 cm³/mol. The van der Waals surface area contributed by atoms with Crippen molar-refractivity contribution in [1.82, 2.24) is 0 Å². The summed E-state index contributed by atoms with van der Waals surface area (Å²) < 4.78 is 47.6. The molecule has 1 unspecified atom stereocenters. The van der Waals surface area contributed by atoms with Crippen LogP contribution in [0.4, 0.5) is 0 Å². The van der Waals surface area contributed by atoms with Crippen LogP contribution in [0.1, 0.15) is 123 Å². The lowest BCUT2D eigenvalue weighted by atomic mass is 10.1. The topological polar surface area (TPSA) is 212 Å². The van der Waals surface area contributed by atoms with Crippen LogP contribution in [0, 0.1) is 0 Å². The van der Waals surface area contributed by atoms with E-state index in [1.165, 1.54) is 0 Å². The summed E-state index contributed by atoms with van der Waals surface area (Å²) in [5, 5.41) is 9.75. The van der Waals surface area contributed by atoms with Crippen LogP contribution in [0.3, 0.4) is 0 Å². The standard InChI is InChI=1S/C48H74O14P2/c1-3-5-7-8-9-10-11-12-13-14-15-16-17-18-21-24-27-30-34-38-47(51)58-42-46(43-61-64(56,57)60-41-45(50)40-59-63(53,54)55)62-48(52)39-35-31-28-25-22-19-20-23-26-29-33-37-44(49)36-32-6-4-2/h5,7,9-10,12-13,15-16,18-21,25-30,33,37,45-46,50H,3-4,6,8,11,14,17,22-24,31-32,34-36,38-43H2,1-2H3,(H,56,57)(H2,53,54,55)/b7-5-,10-9-,13-12-,16-15-,20-19-,21-18-,28-25-,29-26-,30-27-,37-33+/t45-,46+/m0/s1. The fraction of sp³-hybridized carbons (Fsp3) is 0.521. The second-order valence-electron chi connectivity index (χ2n) is 14.3. The molecule has 3 atom stereocenters. The highest BCUT2D eigenvalue weighted by atomic mass is 31.2. The molecular weight excluding hydrogens is 862 g/mol. The molecule has 64 heavy (non-hydrogen) atoms. The molecule has 0 aliphatic rings. The van der Waals surface area contributed by atoms with E-state index in [0.29, 0.717) is 38.5 Å². The molecule has 0 heterocycles. The third-order valence-corrected chi connectivity index (χ3v) is 9.75. The summed E-state index contributed by atoms with van der Waals surface area (Å²) in [7, 11) is -9.75. The van der Waals surface area contributed by atoms with Gasteiger partial charge in [-0.3, -0.25) is 28.0 Å². The number of carbonyl (C=O) groups excluding carboxylic acids is 3. The number of phosphoric ester groups is 2. The molecule has 0 bridgehead atoms. The van der Waals surface area contributed by atoms with E-state index in [0.717, 1.165) is 57.8 Å². The average Bonchev–Trinajstić information content (AvgIpc) is 3.25. The zero-order valence-corrected chi connectivity index (χ0v) is 39.6. The summed E-state index contributed by atoms with van der Waals surface area (Å²) in [4.78, 5) is 64.4. The number of phosphoric acid groups is 2. The second kappa shape index (κ2) is 41.9. The summed E-state index contributed by atoms with van der Waals surface area (Å²) in [5.74, 6) is -1.11.